The highest BCUT2D eigenvalue weighted by Gasteiger charge is 2.37. The van der Waals surface area contributed by atoms with Gasteiger partial charge in [-0.05, 0) is 73.4 Å². The van der Waals surface area contributed by atoms with Gasteiger partial charge in [-0.25, -0.2) is 18.6 Å². The van der Waals surface area contributed by atoms with Gasteiger partial charge in [-0.15, -0.1) is 0 Å². The molecule has 1 fully saturated rings. The summed E-state index contributed by atoms with van der Waals surface area (Å²) in [5, 5.41) is 9.51. The molecule has 1 aromatic heterocycles. The maximum Gasteiger partial charge on any atom is 0.419 e. The Morgan fingerprint density at radius 1 is 1.14 bits per heavy atom. The molecule has 43 heavy (non-hydrogen) atoms. The number of carbonyl (C=O) groups is 1. The Morgan fingerprint density at radius 2 is 1.93 bits per heavy atom. The predicted molar refractivity (Wildman–Crippen MR) is 146 cm³/mol. The Balaban J connectivity index is 1.31. The predicted octanol–water partition coefficient (Wildman–Crippen LogP) is 6.52. The van der Waals surface area contributed by atoms with Crippen LogP contribution in [0, 0.1) is 11.6 Å². The zero-order valence-electron chi connectivity index (χ0n) is 23.1. The van der Waals surface area contributed by atoms with Crippen LogP contribution in [0.3, 0.4) is 0 Å². The number of aromatic nitrogens is 2. The van der Waals surface area contributed by atoms with Crippen molar-refractivity contribution in [2.45, 2.75) is 57.8 Å². The fourth-order valence-electron chi connectivity index (χ4n) is 5.70. The molecule has 2 atom stereocenters. The monoisotopic (exact) mass is 601 g/mol. The molecule has 3 aromatic carbocycles. The summed E-state index contributed by atoms with van der Waals surface area (Å²) in [6, 6.07) is 9.71. The minimum absolute atomic E-state index is 0.0180. The number of hydrogen-bond donors (Lipinski definition) is 1. The number of aromatic carboxylic acids is 1. The molecule has 0 spiro atoms. The first-order chi connectivity index (χ1) is 20.5. The summed E-state index contributed by atoms with van der Waals surface area (Å²) in [6.45, 7) is 3.38. The number of hydrogen-bond acceptors (Lipinski definition) is 5. The number of alkyl halides is 3. The van der Waals surface area contributed by atoms with Crippen LogP contribution in [0.15, 0.2) is 48.5 Å². The smallest absolute Gasteiger partial charge is 0.419 e. The molecule has 2 aliphatic rings. The lowest BCUT2D eigenvalue weighted by Crippen LogP contribution is -2.36. The van der Waals surface area contributed by atoms with Gasteiger partial charge < -0.3 is 19.1 Å². The van der Waals surface area contributed by atoms with Crippen molar-refractivity contribution >= 4 is 17.0 Å². The van der Waals surface area contributed by atoms with E-state index in [-0.39, 0.29) is 23.3 Å². The van der Waals surface area contributed by atoms with E-state index in [0.29, 0.717) is 66.7 Å². The van der Waals surface area contributed by atoms with Gasteiger partial charge in [-0.3, -0.25) is 4.90 Å². The summed E-state index contributed by atoms with van der Waals surface area (Å²) >= 11 is 0. The second-order valence-electron chi connectivity index (χ2n) is 10.9. The number of benzene rings is 3. The van der Waals surface area contributed by atoms with E-state index in [1.54, 1.807) is 12.1 Å². The van der Waals surface area contributed by atoms with Gasteiger partial charge in [-0.1, -0.05) is 0 Å². The average Bonchev–Trinajstić information content (AvgIpc) is 3.27. The standard InChI is InChI=1S/C31H28F5N3O4/c1-17-23-13-28(43-16-20-2-4-21(32)12-25(20)33)24(31(34,35)36)10-18(23)6-8-38(17)15-29-37-26-5-3-19(30(40)41)11-27(26)39(29)14-22-7-9-42-22/h2-5,10-13,17,22H,6-9,14-16H2,1H3,(H,40,41)/t17-,22-/m0/s1. The van der Waals surface area contributed by atoms with Crippen LogP contribution >= 0.6 is 0 Å². The second-order valence-corrected chi connectivity index (χ2v) is 10.9. The third-order valence-corrected chi connectivity index (χ3v) is 8.21. The SMILES string of the molecule is C[C@H]1c2cc(OCc3ccc(F)cc3F)c(C(F)(F)F)cc2CCN1Cc1nc2ccc(C(=O)O)cc2n1C[C@@H]1CCO1. The van der Waals surface area contributed by atoms with Crippen molar-refractivity contribution in [3.63, 3.8) is 0 Å². The summed E-state index contributed by atoms with van der Waals surface area (Å²) in [5.74, 6) is -2.48. The minimum atomic E-state index is -4.70. The lowest BCUT2D eigenvalue weighted by atomic mass is 9.91. The Bertz CT molecular complexity index is 1700. The number of halogens is 5. The quantitative estimate of drug-likeness (QED) is 0.232. The zero-order chi connectivity index (χ0) is 30.5. The molecule has 1 saturated heterocycles. The third-order valence-electron chi connectivity index (χ3n) is 8.21. The molecule has 6 rings (SSSR count). The highest BCUT2D eigenvalue weighted by molar-refractivity contribution is 5.92. The summed E-state index contributed by atoms with van der Waals surface area (Å²) in [5.41, 5.74) is 1.62. The van der Waals surface area contributed by atoms with E-state index in [1.807, 2.05) is 11.5 Å². The molecule has 7 nitrogen and oxygen atoms in total. The van der Waals surface area contributed by atoms with Crippen LogP contribution in [-0.4, -0.2) is 44.8 Å². The van der Waals surface area contributed by atoms with Gasteiger partial charge in [0.25, 0.3) is 0 Å². The fourth-order valence-corrected chi connectivity index (χ4v) is 5.70. The number of fused-ring (bicyclic) bond motifs is 2. The molecule has 0 saturated carbocycles. The first-order valence-corrected chi connectivity index (χ1v) is 13.9. The lowest BCUT2D eigenvalue weighted by molar-refractivity contribution is -0.139. The first kappa shape index (κ1) is 29.1. The van der Waals surface area contributed by atoms with Crippen molar-refractivity contribution < 1.29 is 41.3 Å². The van der Waals surface area contributed by atoms with Gasteiger partial charge in [0.05, 0.1) is 41.4 Å². The van der Waals surface area contributed by atoms with Crippen LogP contribution < -0.4 is 4.74 Å². The lowest BCUT2D eigenvalue weighted by Gasteiger charge is -2.36. The van der Waals surface area contributed by atoms with Crippen LogP contribution in [0.4, 0.5) is 22.0 Å². The molecule has 0 amide bonds. The van der Waals surface area contributed by atoms with Gasteiger partial charge in [-0.2, -0.15) is 13.2 Å². The van der Waals surface area contributed by atoms with Crippen molar-refractivity contribution in [2.75, 3.05) is 13.2 Å². The minimum Gasteiger partial charge on any atom is -0.488 e. The van der Waals surface area contributed by atoms with E-state index in [1.165, 1.54) is 12.1 Å². The molecule has 0 aliphatic carbocycles. The molecule has 1 N–H and O–H groups in total. The number of carboxylic acids is 1. The zero-order valence-corrected chi connectivity index (χ0v) is 23.1. The number of nitrogens with zero attached hydrogens (tertiary/aromatic N) is 3. The van der Waals surface area contributed by atoms with E-state index < -0.39 is 41.7 Å². The van der Waals surface area contributed by atoms with Crippen molar-refractivity contribution in [1.82, 2.24) is 14.5 Å². The summed E-state index contributed by atoms with van der Waals surface area (Å²) in [4.78, 5) is 18.5. The Hall–Kier alpha value is -4.03. The number of carboxylic acid groups (broad SMARTS) is 1. The van der Waals surface area contributed by atoms with Crippen molar-refractivity contribution in [3.05, 3.63) is 93.8 Å². The molecule has 3 heterocycles. The normalized spacial score (nSPS) is 18.8. The van der Waals surface area contributed by atoms with Crippen LogP contribution in [-0.2, 0) is 37.0 Å². The number of ether oxygens (including phenoxy) is 2. The van der Waals surface area contributed by atoms with Gasteiger partial charge in [0.2, 0.25) is 0 Å². The molecular weight excluding hydrogens is 573 g/mol. The summed E-state index contributed by atoms with van der Waals surface area (Å²) in [6.07, 6.45) is -3.49. The van der Waals surface area contributed by atoms with Crippen molar-refractivity contribution in [2.24, 2.45) is 0 Å². The van der Waals surface area contributed by atoms with Gasteiger partial charge in [0.15, 0.2) is 0 Å². The molecule has 0 unspecified atom stereocenters. The van der Waals surface area contributed by atoms with Gasteiger partial charge in [0.1, 0.15) is 29.8 Å². The topological polar surface area (TPSA) is 76.8 Å². The summed E-state index contributed by atoms with van der Waals surface area (Å²) in [7, 11) is 0. The molecule has 2 aliphatic heterocycles. The molecular formula is C31H28F5N3O4. The molecule has 0 radical (unpaired) electrons. The molecule has 4 aromatic rings. The van der Waals surface area contributed by atoms with E-state index >= 15 is 0 Å². The maximum atomic E-state index is 14.2. The van der Waals surface area contributed by atoms with Crippen LogP contribution in [0.1, 0.15) is 57.8 Å². The van der Waals surface area contributed by atoms with E-state index in [9.17, 15) is 31.9 Å². The average molecular weight is 602 g/mol. The van der Waals surface area contributed by atoms with Gasteiger partial charge in [0, 0.05) is 30.8 Å². The van der Waals surface area contributed by atoms with Crippen molar-refractivity contribution in [1.29, 1.82) is 0 Å². The van der Waals surface area contributed by atoms with E-state index in [2.05, 4.69) is 4.90 Å². The highest BCUT2D eigenvalue weighted by atomic mass is 19.4. The van der Waals surface area contributed by atoms with Gasteiger partial charge >= 0.3 is 12.1 Å². The largest absolute Gasteiger partial charge is 0.488 e. The van der Waals surface area contributed by atoms with Crippen LogP contribution in [0.25, 0.3) is 11.0 Å². The van der Waals surface area contributed by atoms with E-state index in [0.717, 1.165) is 24.6 Å². The molecule has 226 valence electrons. The maximum absolute atomic E-state index is 14.2. The molecule has 12 heteroatoms. The van der Waals surface area contributed by atoms with Crippen molar-refractivity contribution in [3.8, 4) is 5.75 Å². The van der Waals surface area contributed by atoms with Crippen LogP contribution in [0.5, 0.6) is 5.75 Å². The Morgan fingerprint density at radius 3 is 2.60 bits per heavy atom. The Kier molecular flexibility index (Phi) is 7.59. The van der Waals surface area contributed by atoms with E-state index in [4.69, 9.17) is 14.5 Å². The Labute approximate surface area is 243 Å². The third kappa shape index (κ3) is 5.81. The molecule has 0 bridgehead atoms. The second kappa shape index (κ2) is 11.2. The summed E-state index contributed by atoms with van der Waals surface area (Å²) < 4.78 is 82.7. The first-order valence-electron chi connectivity index (χ1n) is 13.9. The fraction of sp³-hybridized carbons (Fsp3) is 0.355. The number of rotatable bonds is 8. The number of imidazole rings is 1. The van der Waals surface area contributed by atoms with Crippen LogP contribution in [0.2, 0.25) is 0 Å². The highest BCUT2D eigenvalue weighted by Crippen LogP contribution is 2.42.